The molecule has 0 spiro atoms. The molecule has 0 aliphatic carbocycles. The summed E-state index contributed by atoms with van der Waals surface area (Å²) in [5.41, 5.74) is 1.75. The lowest BCUT2D eigenvalue weighted by Crippen LogP contribution is -2.23. The highest BCUT2D eigenvalue weighted by atomic mass is 19.1. The molecule has 1 aromatic heterocycles. The zero-order valence-electron chi connectivity index (χ0n) is 10.8. The molecule has 0 bridgehead atoms. The summed E-state index contributed by atoms with van der Waals surface area (Å²) in [5.74, 6) is 1.73. The van der Waals surface area contributed by atoms with Gasteiger partial charge in [-0.1, -0.05) is 0 Å². The van der Waals surface area contributed by atoms with Crippen molar-refractivity contribution in [3.8, 4) is 11.4 Å². The summed E-state index contributed by atoms with van der Waals surface area (Å²) in [6.07, 6.45) is 1.77. The minimum Gasteiger partial charge on any atom is -0.396 e. The van der Waals surface area contributed by atoms with Gasteiger partial charge in [0.2, 0.25) is 0 Å². The second-order valence-electron chi connectivity index (χ2n) is 5.10. The van der Waals surface area contributed by atoms with Crippen LogP contribution in [0.4, 0.5) is 4.39 Å². The third-order valence-corrected chi connectivity index (χ3v) is 3.73. The van der Waals surface area contributed by atoms with Crippen molar-refractivity contribution in [2.75, 3.05) is 6.61 Å². The molecular formula is C14H16FN3O. The number of aliphatic hydroxyl groups excluding tert-OH is 1. The minimum absolute atomic E-state index is 0.180. The lowest BCUT2D eigenvalue weighted by atomic mass is 9.99. The van der Waals surface area contributed by atoms with Crippen LogP contribution in [-0.2, 0) is 13.0 Å². The quantitative estimate of drug-likeness (QED) is 0.899. The third-order valence-electron chi connectivity index (χ3n) is 3.73. The van der Waals surface area contributed by atoms with Crippen LogP contribution in [0, 0.1) is 18.7 Å². The van der Waals surface area contributed by atoms with Crippen LogP contribution < -0.4 is 0 Å². The van der Waals surface area contributed by atoms with E-state index in [0.717, 1.165) is 42.2 Å². The van der Waals surface area contributed by atoms with E-state index in [-0.39, 0.29) is 18.3 Å². The van der Waals surface area contributed by atoms with E-state index in [4.69, 9.17) is 0 Å². The van der Waals surface area contributed by atoms with Crippen molar-refractivity contribution in [3.05, 3.63) is 35.4 Å². The molecule has 1 aliphatic rings. The van der Waals surface area contributed by atoms with E-state index in [1.165, 1.54) is 12.1 Å². The van der Waals surface area contributed by atoms with Crippen LogP contribution >= 0.6 is 0 Å². The van der Waals surface area contributed by atoms with E-state index in [9.17, 15) is 9.50 Å². The molecule has 1 atom stereocenters. The molecule has 0 amide bonds. The first-order valence-electron chi connectivity index (χ1n) is 6.48. The smallest absolute Gasteiger partial charge is 0.164 e. The van der Waals surface area contributed by atoms with Crippen molar-refractivity contribution in [2.45, 2.75) is 26.3 Å². The first kappa shape index (κ1) is 12.3. The molecule has 0 saturated heterocycles. The number of hydrogen-bond donors (Lipinski definition) is 1. The molecular weight excluding hydrogens is 245 g/mol. The lowest BCUT2D eigenvalue weighted by Gasteiger charge is -2.22. The van der Waals surface area contributed by atoms with E-state index < -0.39 is 0 Å². The van der Waals surface area contributed by atoms with Crippen molar-refractivity contribution in [1.29, 1.82) is 0 Å². The minimum atomic E-state index is -0.243. The average molecular weight is 261 g/mol. The number of nitrogens with zero attached hydrogens (tertiary/aromatic N) is 3. The molecule has 1 N–H and O–H groups in total. The van der Waals surface area contributed by atoms with Gasteiger partial charge in [-0.2, -0.15) is 0 Å². The third kappa shape index (κ3) is 2.14. The predicted molar refractivity (Wildman–Crippen MR) is 69.0 cm³/mol. The largest absolute Gasteiger partial charge is 0.396 e. The van der Waals surface area contributed by atoms with E-state index in [2.05, 4.69) is 10.2 Å². The van der Waals surface area contributed by atoms with Gasteiger partial charge in [0.25, 0.3) is 0 Å². The van der Waals surface area contributed by atoms with Crippen molar-refractivity contribution in [2.24, 2.45) is 5.92 Å². The molecule has 0 saturated carbocycles. The first-order chi connectivity index (χ1) is 9.19. The number of rotatable bonds is 2. The highest BCUT2D eigenvalue weighted by Crippen LogP contribution is 2.27. The summed E-state index contributed by atoms with van der Waals surface area (Å²) < 4.78 is 15.2. The van der Waals surface area contributed by atoms with Gasteiger partial charge in [-0.05, 0) is 37.1 Å². The number of aliphatic hydroxyl groups is 1. The summed E-state index contributed by atoms with van der Waals surface area (Å²) in [7, 11) is 0. The van der Waals surface area contributed by atoms with Crippen LogP contribution in [0.3, 0.4) is 0 Å². The normalized spacial score (nSPS) is 18.4. The fourth-order valence-corrected chi connectivity index (χ4v) is 2.62. The molecule has 2 heterocycles. The highest BCUT2D eigenvalue weighted by molar-refractivity contribution is 5.60. The van der Waals surface area contributed by atoms with Crippen molar-refractivity contribution < 1.29 is 9.50 Å². The fraction of sp³-hybridized carbons (Fsp3) is 0.429. The summed E-state index contributed by atoms with van der Waals surface area (Å²) in [6, 6.07) is 4.68. The molecule has 4 nitrogen and oxygen atoms in total. The molecule has 1 aromatic carbocycles. The van der Waals surface area contributed by atoms with Gasteiger partial charge in [-0.3, -0.25) is 0 Å². The van der Waals surface area contributed by atoms with Gasteiger partial charge >= 0.3 is 0 Å². The molecule has 19 heavy (non-hydrogen) atoms. The van der Waals surface area contributed by atoms with E-state index in [1.807, 2.05) is 11.5 Å². The van der Waals surface area contributed by atoms with E-state index in [0.29, 0.717) is 0 Å². The maximum atomic E-state index is 13.2. The molecule has 5 heteroatoms. The van der Waals surface area contributed by atoms with Crippen LogP contribution in [-0.4, -0.2) is 26.5 Å². The molecule has 1 unspecified atom stereocenters. The second kappa shape index (κ2) is 4.74. The number of benzene rings is 1. The summed E-state index contributed by atoms with van der Waals surface area (Å²) in [4.78, 5) is 0. The van der Waals surface area contributed by atoms with Crippen LogP contribution in [0.2, 0.25) is 0 Å². The molecule has 0 fully saturated rings. The van der Waals surface area contributed by atoms with Gasteiger partial charge in [0, 0.05) is 31.1 Å². The molecule has 100 valence electrons. The van der Waals surface area contributed by atoms with E-state index >= 15 is 0 Å². The maximum Gasteiger partial charge on any atom is 0.164 e. The Balaban J connectivity index is 2.05. The monoisotopic (exact) mass is 261 g/mol. The van der Waals surface area contributed by atoms with Gasteiger partial charge in [-0.25, -0.2) is 4.39 Å². The van der Waals surface area contributed by atoms with Gasteiger partial charge in [0.15, 0.2) is 5.82 Å². The topological polar surface area (TPSA) is 50.9 Å². The Bertz CT molecular complexity index is 609. The number of fused-ring (bicyclic) bond motifs is 1. The summed E-state index contributed by atoms with van der Waals surface area (Å²) in [5, 5.41) is 17.7. The molecule has 0 radical (unpaired) electrons. The van der Waals surface area contributed by atoms with Crippen LogP contribution in [0.1, 0.15) is 17.8 Å². The average Bonchev–Trinajstić information content (AvgIpc) is 2.81. The van der Waals surface area contributed by atoms with Gasteiger partial charge in [-0.15, -0.1) is 10.2 Å². The predicted octanol–water partition coefficient (Wildman–Crippen LogP) is 1.95. The standard InChI is InChI=1S/C14H16FN3O/c1-9-6-11(15)3-4-12(9)14-17-16-13-5-2-10(8-19)7-18(13)14/h3-4,6,10,19H,2,5,7-8H2,1H3. The van der Waals surface area contributed by atoms with Gasteiger partial charge < -0.3 is 9.67 Å². The molecule has 3 rings (SSSR count). The summed E-state index contributed by atoms with van der Waals surface area (Å²) in [6.45, 7) is 2.77. The Hall–Kier alpha value is -1.75. The van der Waals surface area contributed by atoms with Gasteiger partial charge in [0.05, 0.1) is 0 Å². The maximum absolute atomic E-state index is 13.2. The Morgan fingerprint density at radius 3 is 3.00 bits per heavy atom. The van der Waals surface area contributed by atoms with Crippen molar-refractivity contribution in [1.82, 2.24) is 14.8 Å². The van der Waals surface area contributed by atoms with Crippen LogP contribution in [0.15, 0.2) is 18.2 Å². The van der Waals surface area contributed by atoms with Crippen LogP contribution in [0.5, 0.6) is 0 Å². The first-order valence-corrected chi connectivity index (χ1v) is 6.48. The lowest BCUT2D eigenvalue weighted by molar-refractivity contribution is 0.191. The Morgan fingerprint density at radius 2 is 2.26 bits per heavy atom. The van der Waals surface area contributed by atoms with Crippen LogP contribution in [0.25, 0.3) is 11.4 Å². The Kier molecular flexibility index (Phi) is 3.06. The molecule has 2 aromatic rings. The summed E-state index contributed by atoms with van der Waals surface area (Å²) >= 11 is 0. The van der Waals surface area contributed by atoms with Crippen molar-refractivity contribution in [3.63, 3.8) is 0 Å². The zero-order chi connectivity index (χ0) is 13.4. The zero-order valence-corrected chi connectivity index (χ0v) is 10.8. The Morgan fingerprint density at radius 1 is 1.42 bits per heavy atom. The fourth-order valence-electron chi connectivity index (χ4n) is 2.62. The van der Waals surface area contributed by atoms with E-state index in [1.54, 1.807) is 6.07 Å². The van der Waals surface area contributed by atoms with Crippen molar-refractivity contribution >= 4 is 0 Å². The number of aryl methyl sites for hydroxylation is 2. The number of halogens is 1. The highest BCUT2D eigenvalue weighted by Gasteiger charge is 2.23. The number of hydrogen-bond acceptors (Lipinski definition) is 3. The second-order valence-corrected chi connectivity index (χ2v) is 5.10. The van der Waals surface area contributed by atoms with Gasteiger partial charge in [0.1, 0.15) is 11.6 Å². The molecule has 1 aliphatic heterocycles. The Labute approximate surface area is 110 Å². The SMILES string of the molecule is Cc1cc(F)ccc1-c1nnc2n1CC(CO)CC2. The number of aromatic nitrogens is 3.